The first kappa shape index (κ1) is 17.1. The molecule has 4 heteroatoms. The van der Waals surface area contributed by atoms with Crippen LogP contribution in [0.25, 0.3) is 0 Å². The topological polar surface area (TPSA) is 58.9 Å². The predicted molar refractivity (Wildman–Crippen MR) is 72.0 cm³/mol. The molecule has 0 fully saturated rings. The molecule has 0 radical (unpaired) electrons. The molecule has 0 aromatic carbocycles. The minimum atomic E-state index is -1.50. The van der Waals surface area contributed by atoms with Crippen LogP contribution in [-0.4, -0.2) is 16.3 Å². The lowest BCUT2D eigenvalue weighted by Gasteiger charge is -2.16. The second-order valence-electron chi connectivity index (χ2n) is 4.71. The quantitative estimate of drug-likeness (QED) is 0.294. The molecule has 0 aromatic rings. The second kappa shape index (κ2) is 9.05. The molecule has 0 aliphatic rings. The van der Waals surface area contributed by atoms with Crippen LogP contribution in [-0.2, 0) is 9.78 Å². The maximum absolute atomic E-state index is 8.50. The largest absolute Gasteiger partial charge is 0.248 e. The molecule has 0 atom stereocenters. The molecule has 0 spiro atoms. The van der Waals surface area contributed by atoms with Crippen LogP contribution in [0.3, 0.4) is 0 Å². The van der Waals surface area contributed by atoms with E-state index in [9.17, 15) is 0 Å². The van der Waals surface area contributed by atoms with E-state index in [2.05, 4.69) is 42.7 Å². The standard InChI is InChI=1S/C14H24O4/c1-12(2)8-7-10-13(3)9-5-6-11-14(4,17-15)18-16/h6,8-9,11,15-16H,5,7,10H2,1-4H3/b11-6+,13-9+. The molecule has 0 saturated heterocycles. The van der Waals surface area contributed by atoms with Crippen molar-refractivity contribution in [2.24, 2.45) is 0 Å². The molecule has 0 saturated carbocycles. The number of hydrogen-bond acceptors (Lipinski definition) is 4. The fraction of sp³-hybridized carbons (Fsp3) is 0.571. The number of rotatable bonds is 8. The van der Waals surface area contributed by atoms with E-state index in [0.717, 1.165) is 12.8 Å². The Balaban J connectivity index is 4.08. The first-order chi connectivity index (χ1) is 8.43. The van der Waals surface area contributed by atoms with Gasteiger partial charge < -0.3 is 0 Å². The van der Waals surface area contributed by atoms with Crippen molar-refractivity contribution >= 4 is 0 Å². The summed E-state index contributed by atoms with van der Waals surface area (Å²) >= 11 is 0. The maximum Gasteiger partial charge on any atom is 0.248 e. The zero-order valence-electron chi connectivity index (χ0n) is 11.6. The molecule has 0 aliphatic carbocycles. The lowest BCUT2D eigenvalue weighted by atomic mass is 10.1. The SMILES string of the molecule is CC(C)=CCC/C(C)=C/C/C=C/C(C)(OO)OO. The molecule has 104 valence electrons. The van der Waals surface area contributed by atoms with Crippen LogP contribution in [0, 0.1) is 0 Å². The highest BCUT2D eigenvalue weighted by Crippen LogP contribution is 2.12. The van der Waals surface area contributed by atoms with Crippen molar-refractivity contribution in [1.82, 2.24) is 0 Å². The maximum atomic E-state index is 8.50. The van der Waals surface area contributed by atoms with Gasteiger partial charge in [0.1, 0.15) is 0 Å². The van der Waals surface area contributed by atoms with Gasteiger partial charge in [-0.3, -0.25) is 0 Å². The van der Waals surface area contributed by atoms with Gasteiger partial charge in [-0.1, -0.05) is 29.4 Å². The molecule has 0 aromatic heterocycles. The Morgan fingerprint density at radius 2 is 1.72 bits per heavy atom. The van der Waals surface area contributed by atoms with Gasteiger partial charge in [-0.05, 0) is 53.0 Å². The van der Waals surface area contributed by atoms with Crippen molar-refractivity contribution in [2.75, 3.05) is 0 Å². The van der Waals surface area contributed by atoms with Crippen molar-refractivity contribution in [1.29, 1.82) is 0 Å². The van der Waals surface area contributed by atoms with Gasteiger partial charge >= 0.3 is 0 Å². The molecule has 0 aliphatic heterocycles. The molecule has 4 nitrogen and oxygen atoms in total. The summed E-state index contributed by atoms with van der Waals surface area (Å²) in [5.74, 6) is -1.50. The van der Waals surface area contributed by atoms with E-state index in [1.54, 1.807) is 6.08 Å². The summed E-state index contributed by atoms with van der Waals surface area (Å²) in [5.41, 5.74) is 2.63. The fourth-order valence-corrected chi connectivity index (χ4v) is 1.32. The zero-order valence-corrected chi connectivity index (χ0v) is 11.6. The second-order valence-corrected chi connectivity index (χ2v) is 4.71. The summed E-state index contributed by atoms with van der Waals surface area (Å²) in [6, 6.07) is 0. The van der Waals surface area contributed by atoms with Gasteiger partial charge in [-0.15, -0.1) is 0 Å². The highest BCUT2D eigenvalue weighted by molar-refractivity contribution is 5.06. The van der Waals surface area contributed by atoms with Crippen LogP contribution in [0.2, 0.25) is 0 Å². The van der Waals surface area contributed by atoms with E-state index in [-0.39, 0.29) is 0 Å². The molecular weight excluding hydrogens is 232 g/mol. The van der Waals surface area contributed by atoms with Crippen LogP contribution in [0.5, 0.6) is 0 Å². The van der Waals surface area contributed by atoms with E-state index in [1.165, 1.54) is 24.1 Å². The van der Waals surface area contributed by atoms with Crippen LogP contribution >= 0.6 is 0 Å². The zero-order chi connectivity index (χ0) is 14.0. The molecule has 2 N–H and O–H groups in total. The summed E-state index contributed by atoms with van der Waals surface area (Å²) in [6.07, 6.45) is 10.3. The Kier molecular flexibility index (Phi) is 8.58. The van der Waals surface area contributed by atoms with Gasteiger partial charge in [0.15, 0.2) is 0 Å². The lowest BCUT2D eigenvalue weighted by molar-refractivity contribution is -0.462. The lowest BCUT2D eigenvalue weighted by Crippen LogP contribution is -2.26. The summed E-state index contributed by atoms with van der Waals surface area (Å²) in [5, 5.41) is 17.0. The monoisotopic (exact) mass is 256 g/mol. The third kappa shape index (κ3) is 8.20. The molecule has 0 rings (SSSR count). The van der Waals surface area contributed by atoms with Crippen molar-refractivity contribution in [3.8, 4) is 0 Å². The molecule has 18 heavy (non-hydrogen) atoms. The van der Waals surface area contributed by atoms with Crippen LogP contribution < -0.4 is 0 Å². The van der Waals surface area contributed by atoms with Crippen molar-refractivity contribution in [2.45, 2.75) is 52.7 Å². The number of hydrogen-bond donors (Lipinski definition) is 2. The van der Waals surface area contributed by atoms with Crippen LogP contribution in [0.1, 0.15) is 47.0 Å². The molecule has 0 bridgehead atoms. The van der Waals surface area contributed by atoms with E-state index < -0.39 is 5.79 Å². The summed E-state index contributed by atoms with van der Waals surface area (Å²) in [7, 11) is 0. The van der Waals surface area contributed by atoms with Crippen LogP contribution in [0.4, 0.5) is 0 Å². The Morgan fingerprint density at radius 1 is 1.11 bits per heavy atom. The Morgan fingerprint density at radius 3 is 2.22 bits per heavy atom. The highest BCUT2D eigenvalue weighted by Gasteiger charge is 2.22. The fourth-order valence-electron chi connectivity index (χ4n) is 1.32. The minimum absolute atomic E-state index is 0.697. The van der Waals surface area contributed by atoms with Crippen molar-refractivity contribution < 1.29 is 20.3 Å². The van der Waals surface area contributed by atoms with Gasteiger partial charge in [-0.2, -0.15) is 9.78 Å². The number of allylic oxidation sites excluding steroid dienone is 5. The summed E-state index contributed by atoms with van der Waals surface area (Å²) in [6.45, 7) is 7.66. The third-order valence-electron chi connectivity index (χ3n) is 2.48. The third-order valence-corrected chi connectivity index (χ3v) is 2.48. The normalized spacial score (nSPS) is 13.1. The van der Waals surface area contributed by atoms with Gasteiger partial charge in [0.25, 0.3) is 0 Å². The van der Waals surface area contributed by atoms with E-state index >= 15 is 0 Å². The summed E-state index contributed by atoms with van der Waals surface area (Å²) < 4.78 is 0. The van der Waals surface area contributed by atoms with Gasteiger partial charge in [0, 0.05) is 0 Å². The predicted octanol–water partition coefficient (Wildman–Crippen LogP) is 4.32. The Hall–Kier alpha value is -0.940. The Labute approximate surface area is 109 Å². The first-order valence-electron chi connectivity index (χ1n) is 6.05. The van der Waals surface area contributed by atoms with Crippen molar-refractivity contribution in [3.05, 3.63) is 35.5 Å². The average Bonchev–Trinajstić information content (AvgIpc) is 2.34. The van der Waals surface area contributed by atoms with E-state index in [1.807, 2.05) is 0 Å². The highest BCUT2D eigenvalue weighted by atomic mass is 17.2. The molecule has 0 amide bonds. The Bertz CT molecular complexity index is 308. The van der Waals surface area contributed by atoms with E-state index in [4.69, 9.17) is 10.5 Å². The minimum Gasteiger partial charge on any atom is -0.248 e. The molecule has 0 unspecified atom stereocenters. The van der Waals surface area contributed by atoms with Crippen molar-refractivity contribution in [3.63, 3.8) is 0 Å². The first-order valence-corrected chi connectivity index (χ1v) is 6.05. The van der Waals surface area contributed by atoms with Gasteiger partial charge in [-0.25, -0.2) is 10.5 Å². The molecule has 0 heterocycles. The average molecular weight is 256 g/mol. The summed E-state index contributed by atoms with van der Waals surface area (Å²) in [4.78, 5) is 8.00. The van der Waals surface area contributed by atoms with E-state index in [0.29, 0.717) is 6.42 Å². The van der Waals surface area contributed by atoms with Crippen LogP contribution in [0.15, 0.2) is 35.5 Å². The van der Waals surface area contributed by atoms with Gasteiger partial charge in [0.05, 0.1) is 0 Å². The molecular formula is C14H24O4. The smallest absolute Gasteiger partial charge is 0.248 e. The van der Waals surface area contributed by atoms with Gasteiger partial charge in [0.2, 0.25) is 5.79 Å².